The zero-order chi connectivity index (χ0) is 18.8. The molecule has 0 bridgehead atoms. The summed E-state index contributed by atoms with van der Waals surface area (Å²) in [4.78, 5) is 31.2. The van der Waals surface area contributed by atoms with Crippen molar-refractivity contribution in [1.82, 2.24) is 9.55 Å². The summed E-state index contributed by atoms with van der Waals surface area (Å²) in [6.45, 7) is 0.618. The van der Waals surface area contributed by atoms with Crippen molar-refractivity contribution in [3.63, 3.8) is 0 Å². The van der Waals surface area contributed by atoms with Crippen LogP contribution in [0.25, 0.3) is 11.3 Å². The van der Waals surface area contributed by atoms with E-state index in [-0.39, 0.29) is 18.0 Å². The molecule has 6 nitrogen and oxygen atoms in total. The maximum atomic E-state index is 12.7. The number of rotatable bonds is 4. The number of hydrogen-bond acceptors (Lipinski definition) is 4. The van der Waals surface area contributed by atoms with Crippen LogP contribution in [-0.4, -0.2) is 29.1 Å². The van der Waals surface area contributed by atoms with Crippen molar-refractivity contribution in [2.45, 2.75) is 13.0 Å². The summed E-state index contributed by atoms with van der Waals surface area (Å²) in [5.74, 6) is 0.629. The Labute approximate surface area is 156 Å². The van der Waals surface area contributed by atoms with Gasteiger partial charge >= 0.3 is 0 Å². The van der Waals surface area contributed by atoms with E-state index < -0.39 is 0 Å². The zero-order valence-corrected chi connectivity index (χ0v) is 15.0. The van der Waals surface area contributed by atoms with Crippen LogP contribution in [0.1, 0.15) is 5.56 Å². The molecule has 0 saturated carbocycles. The number of amides is 1. The number of aromatic nitrogens is 2. The molecule has 27 heavy (non-hydrogen) atoms. The number of hydrogen-bond donors (Lipinski definition) is 0. The van der Waals surface area contributed by atoms with Gasteiger partial charge in [-0.05, 0) is 42.3 Å². The van der Waals surface area contributed by atoms with Crippen molar-refractivity contribution in [3.05, 3.63) is 76.8 Å². The summed E-state index contributed by atoms with van der Waals surface area (Å²) < 4.78 is 6.48. The third-order valence-corrected chi connectivity index (χ3v) is 4.76. The van der Waals surface area contributed by atoms with E-state index in [9.17, 15) is 9.59 Å². The van der Waals surface area contributed by atoms with E-state index >= 15 is 0 Å². The average molecular weight is 361 g/mol. The van der Waals surface area contributed by atoms with Crippen LogP contribution in [0.15, 0.2) is 65.7 Å². The Morgan fingerprint density at radius 1 is 1.15 bits per heavy atom. The number of anilines is 1. The predicted molar refractivity (Wildman–Crippen MR) is 103 cm³/mol. The standard InChI is InChI=1S/C21H19N3O3/c1-27-17-8-6-15(7-9-17)18-12-20(25)23(14-22-18)13-21(26)24-11-10-16-4-2-3-5-19(16)24/h2-9,12,14H,10-11,13H2,1H3. The van der Waals surface area contributed by atoms with Crippen molar-refractivity contribution >= 4 is 11.6 Å². The van der Waals surface area contributed by atoms with Crippen molar-refractivity contribution in [1.29, 1.82) is 0 Å². The molecule has 3 aromatic rings. The minimum Gasteiger partial charge on any atom is -0.497 e. The Hall–Kier alpha value is -3.41. The Morgan fingerprint density at radius 2 is 1.93 bits per heavy atom. The maximum Gasteiger partial charge on any atom is 0.254 e. The third-order valence-electron chi connectivity index (χ3n) is 4.76. The van der Waals surface area contributed by atoms with Gasteiger partial charge in [-0.3, -0.25) is 14.2 Å². The smallest absolute Gasteiger partial charge is 0.254 e. The number of benzene rings is 2. The Bertz CT molecular complexity index is 1040. The minimum atomic E-state index is -0.253. The lowest BCUT2D eigenvalue weighted by molar-refractivity contribution is -0.119. The van der Waals surface area contributed by atoms with Gasteiger partial charge in [-0.1, -0.05) is 18.2 Å². The molecule has 1 aliphatic heterocycles. The van der Waals surface area contributed by atoms with Crippen molar-refractivity contribution in [3.8, 4) is 17.0 Å². The molecule has 0 N–H and O–H groups in total. The molecule has 0 radical (unpaired) electrons. The van der Waals surface area contributed by atoms with E-state index in [1.54, 1.807) is 12.0 Å². The second-order valence-corrected chi connectivity index (χ2v) is 6.39. The van der Waals surface area contributed by atoms with Crippen LogP contribution >= 0.6 is 0 Å². The first-order valence-corrected chi connectivity index (χ1v) is 8.75. The van der Waals surface area contributed by atoms with Crippen LogP contribution in [0.2, 0.25) is 0 Å². The number of nitrogens with zero attached hydrogens (tertiary/aromatic N) is 3. The summed E-state index contributed by atoms with van der Waals surface area (Å²) >= 11 is 0. The monoisotopic (exact) mass is 361 g/mol. The highest BCUT2D eigenvalue weighted by Gasteiger charge is 2.24. The van der Waals surface area contributed by atoms with Gasteiger partial charge in [0.25, 0.3) is 5.56 Å². The number of ether oxygens (including phenoxy) is 1. The minimum absolute atomic E-state index is 0.0247. The average Bonchev–Trinajstić information content (AvgIpc) is 3.14. The summed E-state index contributed by atoms with van der Waals surface area (Å²) in [6.07, 6.45) is 2.27. The molecule has 0 aliphatic carbocycles. The summed E-state index contributed by atoms with van der Waals surface area (Å²) in [5, 5.41) is 0. The molecule has 0 atom stereocenters. The lowest BCUT2D eigenvalue weighted by Crippen LogP contribution is -2.35. The summed E-state index contributed by atoms with van der Waals surface area (Å²) in [7, 11) is 1.60. The van der Waals surface area contributed by atoms with Gasteiger partial charge in [0.05, 0.1) is 19.1 Å². The van der Waals surface area contributed by atoms with Gasteiger partial charge in [0, 0.05) is 23.9 Å². The van der Waals surface area contributed by atoms with E-state index in [4.69, 9.17) is 4.74 Å². The highest BCUT2D eigenvalue weighted by atomic mass is 16.5. The van der Waals surface area contributed by atoms with Gasteiger partial charge in [0.1, 0.15) is 12.3 Å². The third kappa shape index (κ3) is 3.33. The van der Waals surface area contributed by atoms with Crippen LogP contribution < -0.4 is 15.2 Å². The number of carbonyl (C=O) groups is 1. The first kappa shape index (κ1) is 17.0. The molecule has 6 heteroatoms. The fraction of sp³-hybridized carbons (Fsp3) is 0.190. The topological polar surface area (TPSA) is 64.4 Å². The van der Waals surface area contributed by atoms with Crippen LogP contribution in [-0.2, 0) is 17.8 Å². The molecular formula is C21H19N3O3. The fourth-order valence-electron chi connectivity index (χ4n) is 3.29. The molecule has 2 aromatic carbocycles. The highest BCUT2D eigenvalue weighted by molar-refractivity contribution is 5.95. The first-order valence-electron chi connectivity index (χ1n) is 8.75. The van der Waals surface area contributed by atoms with E-state index in [2.05, 4.69) is 4.98 Å². The number of fused-ring (bicyclic) bond motifs is 1. The molecule has 0 unspecified atom stereocenters. The molecule has 0 spiro atoms. The van der Waals surface area contributed by atoms with Crippen LogP contribution in [0.3, 0.4) is 0 Å². The summed E-state index contributed by atoms with van der Waals surface area (Å²) in [6, 6.07) is 16.6. The molecule has 0 saturated heterocycles. The van der Waals surface area contributed by atoms with Gasteiger partial charge in [-0.15, -0.1) is 0 Å². The zero-order valence-electron chi connectivity index (χ0n) is 15.0. The van der Waals surface area contributed by atoms with Gasteiger partial charge in [0.15, 0.2) is 0 Å². The quantitative estimate of drug-likeness (QED) is 0.716. The van der Waals surface area contributed by atoms with Crippen molar-refractivity contribution in [2.24, 2.45) is 0 Å². The van der Waals surface area contributed by atoms with E-state index in [1.807, 2.05) is 48.5 Å². The second kappa shape index (κ2) is 7.07. The SMILES string of the molecule is COc1ccc(-c2cc(=O)n(CC(=O)N3CCc4ccccc43)cn2)cc1. The number of methoxy groups -OCH3 is 1. The molecule has 2 heterocycles. The number of para-hydroxylation sites is 1. The van der Waals surface area contributed by atoms with E-state index in [1.165, 1.54) is 17.0 Å². The lowest BCUT2D eigenvalue weighted by atomic mass is 10.1. The predicted octanol–water partition coefficient (Wildman–Crippen LogP) is 2.51. The molecule has 4 rings (SSSR count). The van der Waals surface area contributed by atoms with Crippen LogP contribution in [0.5, 0.6) is 5.75 Å². The second-order valence-electron chi connectivity index (χ2n) is 6.39. The molecule has 136 valence electrons. The molecule has 1 aliphatic rings. The van der Waals surface area contributed by atoms with E-state index in [0.717, 1.165) is 29.0 Å². The maximum absolute atomic E-state index is 12.7. The summed E-state index contributed by atoms with van der Waals surface area (Å²) in [5.41, 5.74) is 3.22. The highest BCUT2D eigenvalue weighted by Crippen LogP contribution is 2.27. The lowest BCUT2D eigenvalue weighted by Gasteiger charge is -2.17. The van der Waals surface area contributed by atoms with Crippen molar-refractivity contribution in [2.75, 3.05) is 18.6 Å². The van der Waals surface area contributed by atoms with Crippen LogP contribution in [0.4, 0.5) is 5.69 Å². The van der Waals surface area contributed by atoms with Gasteiger partial charge < -0.3 is 9.64 Å². The van der Waals surface area contributed by atoms with Gasteiger partial charge in [-0.2, -0.15) is 0 Å². The van der Waals surface area contributed by atoms with E-state index in [0.29, 0.717) is 12.2 Å². The molecule has 0 fully saturated rings. The Kier molecular flexibility index (Phi) is 4.46. The van der Waals surface area contributed by atoms with Gasteiger partial charge in [-0.25, -0.2) is 4.98 Å². The largest absolute Gasteiger partial charge is 0.497 e. The fourth-order valence-corrected chi connectivity index (χ4v) is 3.29. The first-order chi connectivity index (χ1) is 13.2. The Morgan fingerprint density at radius 3 is 2.67 bits per heavy atom. The van der Waals surface area contributed by atoms with Crippen molar-refractivity contribution < 1.29 is 9.53 Å². The molecule has 1 aromatic heterocycles. The Balaban J connectivity index is 1.53. The van der Waals surface area contributed by atoms with Crippen LogP contribution in [0, 0.1) is 0 Å². The molecule has 1 amide bonds. The van der Waals surface area contributed by atoms with Gasteiger partial charge in [0.2, 0.25) is 5.91 Å². The normalized spacial score (nSPS) is 12.7. The molecular weight excluding hydrogens is 342 g/mol. The number of carbonyl (C=O) groups excluding carboxylic acids is 1.